The van der Waals surface area contributed by atoms with E-state index in [0.29, 0.717) is 29.1 Å². The second-order valence-corrected chi connectivity index (χ2v) is 7.24. The zero-order valence-electron chi connectivity index (χ0n) is 14.6. The lowest BCUT2D eigenvalue weighted by molar-refractivity contribution is 0.633. The molecule has 138 valence electrons. The minimum absolute atomic E-state index is 0.202. The first-order valence-electron chi connectivity index (χ1n) is 8.19. The minimum atomic E-state index is -0.202. The van der Waals surface area contributed by atoms with Crippen LogP contribution in [0.1, 0.15) is 10.7 Å². The Morgan fingerprint density at radius 3 is 2.89 bits per heavy atom. The number of nitrogens with two attached hydrogens (primary N) is 3. The fraction of sp³-hybridized carbons (Fsp3) is 0.176. The molecule has 4 heterocycles. The SMILES string of the molecule is Cn1c2nc(C/C(N)=C/N)sc2c2cnn(Cc3cccc(N)n3)c(=O)c21. The van der Waals surface area contributed by atoms with Crippen molar-refractivity contribution >= 4 is 38.4 Å². The van der Waals surface area contributed by atoms with Crippen LogP contribution in [0, 0.1) is 0 Å². The molecule has 0 spiro atoms. The summed E-state index contributed by atoms with van der Waals surface area (Å²) in [5.41, 5.74) is 19.2. The van der Waals surface area contributed by atoms with Gasteiger partial charge in [0, 0.05) is 30.8 Å². The molecule has 4 aromatic rings. The van der Waals surface area contributed by atoms with Crippen LogP contribution in [0.2, 0.25) is 0 Å². The number of hydrogen-bond donors (Lipinski definition) is 3. The predicted molar refractivity (Wildman–Crippen MR) is 106 cm³/mol. The van der Waals surface area contributed by atoms with Crippen molar-refractivity contribution in [1.82, 2.24) is 24.3 Å². The second-order valence-electron chi connectivity index (χ2n) is 6.16. The molecule has 4 rings (SSSR count). The van der Waals surface area contributed by atoms with E-state index in [1.165, 1.54) is 22.2 Å². The summed E-state index contributed by atoms with van der Waals surface area (Å²) in [5.74, 6) is 0.406. The van der Waals surface area contributed by atoms with Gasteiger partial charge in [-0.2, -0.15) is 5.10 Å². The molecule has 0 aliphatic heterocycles. The third-order valence-electron chi connectivity index (χ3n) is 4.28. The highest BCUT2D eigenvalue weighted by Crippen LogP contribution is 2.31. The number of allylic oxidation sites excluding steroid dienone is 1. The number of fused-ring (bicyclic) bond motifs is 3. The smallest absolute Gasteiger partial charge is 0.291 e. The third kappa shape index (κ3) is 2.89. The van der Waals surface area contributed by atoms with Crippen LogP contribution >= 0.6 is 11.3 Å². The Morgan fingerprint density at radius 1 is 1.33 bits per heavy atom. The van der Waals surface area contributed by atoms with E-state index in [0.717, 1.165) is 20.7 Å². The van der Waals surface area contributed by atoms with E-state index in [1.54, 1.807) is 29.0 Å². The average Bonchev–Trinajstić information content (AvgIpc) is 3.16. The number of nitrogens with zero attached hydrogens (tertiary/aromatic N) is 5. The maximum absolute atomic E-state index is 13.0. The number of thiazole rings is 1. The minimum Gasteiger partial charge on any atom is -0.403 e. The summed E-state index contributed by atoms with van der Waals surface area (Å²) in [4.78, 5) is 21.8. The molecule has 10 heteroatoms. The first kappa shape index (κ1) is 17.0. The predicted octanol–water partition coefficient (Wildman–Crippen LogP) is 0.671. The average molecular weight is 382 g/mol. The number of nitrogen functional groups attached to an aromatic ring is 1. The van der Waals surface area contributed by atoms with Gasteiger partial charge in [-0.1, -0.05) is 6.07 Å². The normalized spacial score (nSPS) is 12.3. The molecule has 0 saturated heterocycles. The van der Waals surface area contributed by atoms with Gasteiger partial charge in [0.15, 0.2) is 5.65 Å². The monoisotopic (exact) mass is 382 g/mol. The largest absolute Gasteiger partial charge is 0.403 e. The third-order valence-corrected chi connectivity index (χ3v) is 5.36. The van der Waals surface area contributed by atoms with Gasteiger partial charge in [-0.15, -0.1) is 11.3 Å². The first-order valence-corrected chi connectivity index (χ1v) is 9.01. The topological polar surface area (TPSA) is 144 Å². The van der Waals surface area contributed by atoms with Crippen LogP contribution in [0.15, 0.2) is 41.1 Å². The van der Waals surface area contributed by atoms with E-state index in [1.807, 2.05) is 7.05 Å². The van der Waals surface area contributed by atoms with E-state index < -0.39 is 0 Å². The van der Waals surface area contributed by atoms with Crippen molar-refractivity contribution in [3.05, 3.63) is 57.3 Å². The van der Waals surface area contributed by atoms with Crippen molar-refractivity contribution < 1.29 is 0 Å². The van der Waals surface area contributed by atoms with Gasteiger partial charge in [0.05, 0.1) is 23.1 Å². The number of hydrogen-bond acceptors (Lipinski definition) is 8. The van der Waals surface area contributed by atoms with Crippen LogP contribution in [0.5, 0.6) is 0 Å². The lowest BCUT2D eigenvalue weighted by Crippen LogP contribution is -2.25. The van der Waals surface area contributed by atoms with Gasteiger partial charge in [-0.3, -0.25) is 4.79 Å². The van der Waals surface area contributed by atoms with Gasteiger partial charge in [0.2, 0.25) is 0 Å². The summed E-state index contributed by atoms with van der Waals surface area (Å²) in [6.45, 7) is 0.245. The quantitative estimate of drug-likeness (QED) is 0.470. The molecule has 0 unspecified atom stereocenters. The number of aryl methyl sites for hydroxylation is 1. The van der Waals surface area contributed by atoms with Gasteiger partial charge in [-0.25, -0.2) is 14.6 Å². The molecule has 0 aliphatic rings. The summed E-state index contributed by atoms with van der Waals surface area (Å²) >= 11 is 1.49. The molecule has 0 aliphatic carbocycles. The van der Waals surface area contributed by atoms with Crippen molar-refractivity contribution in [2.24, 2.45) is 18.5 Å². The van der Waals surface area contributed by atoms with E-state index in [2.05, 4.69) is 15.1 Å². The Morgan fingerprint density at radius 2 is 2.15 bits per heavy atom. The van der Waals surface area contributed by atoms with Gasteiger partial charge in [0.25, 0.3) is 5.56 Å². The number of rotatable bonds is 4. The summed E-state index contributed by atoms with van der Waals surface area (Å²) in [6.07, 6.45) is 3.53. The molecule has 0 radical (unpaired) electrons. The van der Waals surface area contributed by atoms with Crippen LogP contribution in [0.25, 0.3) is 21.3 Å². The van der Waals surface area contributed by atoms with Gasteiger partial charge in [-0.05, 0) is 12.1 Å². The Kier molecular flexibility index (Phi) is 4.04. The lowest BCUT2D eigenvalue weighted by atomic mass is 10.3. The molecule has 0 fully saturated rings. The molecule has 0 saturated carbocycles. The molecular formula is C17H18N8OS. The molecule has 27 heavy (non-hydrogen) atoms. The van der Waals surface area contributed by atoms with Gasteiger partial charge >= 0.3 is 0 Å². The van der Waals surface area contributed by atoms with Gasteiger partial charge < -0.3 is 21.8 Å². The molecule has 6 N–H and O–H groups in total. The van der Waals surface area contributed by atoms with E-state index in [9.17, 15) is 4.79 Å². The Labute approximate surface area is 157 Å². The zero-order valence-corrected chi connectivity index (χ0v) is 15.4. The highest BCUT2D eigenvalue weighted by atomic mass is 32.1. The maximum atomic E-state index is 13.0. The first-order chi connectivity index (χ1) is 13.0. The highest BCUT2D eigenvalue weighted by Gasteiger charge is 2.18. The zero-order chi connectivity index (χ0) is 19.1. The Hall–Kier alpha value is -3.40. The van der Waals surface area contributed by atoms with Gasteiger partial charge in [0.1, 0.15) is 16.3 Å². The molecule has 0 aromatic carbocycles. The van der Waals surface area contributed by atoms with Crippen LogP contribution in [-0.4, -0.2) is 24.3 Å². The lowest BCUT2D eigenvalue weighted by Gasteiger charge is -2.05. The Balaban J connectivity index is 1.81. The van der Waals surface area contributed by atoms with E-state index in [4.69, 9.17) is 17.2 Å². The van der Waals surface area contributed by atoms with Crippen molar-refractivity contribution in [1.29, 1.82) is 0 Å². The van der Waals surface area contributed by atoms with Crippen LogP contribution < -0.4 is 22.8 Å². The summed E-state index contributed by atoms with van der Waals surface area (Å²) in [7, 11) is 1.82. The molecular weight excluding hydrogens is 364 g/mol. The Bertz CT molecular complexity index is 1250. The summed E-state index contributed by atoms with van der Waals surface area (Å²) in [5, 5.41) is 5.92. The number of aromatic nitrogens is 5. The fourth-order valence-corrected chi connectivity index (χ4v) is 4.13. The van der Waals surface area contributed by atoms with Crippen molar-refractivity contribution in [3.63, 3.8) is 0 Å². The molecule has 0 bridgehead atoms. The van der Waals surface area contributed by atoms with Crippen molar-refractivity contribution in [2.45, 2.75) is 13.0 Å². The number of pyridine rings is 1. The van der Waals surface area contributed by atoms with Crippen LogP contribution in [0.4, 0.5) is 5.82 Å². The summed E-state index contributed by atoms with van der Waals surface area (Å²) < 4.78 is 4.08. The van der Waals surface area contributed by atoms with E-state index in [-0.39, 0.29) is 12.1 Å². The molecule has 9 nitrogen and oxygen atoms in total. The van der Waals surface area contributed by atoms with Crippen molar-refractivity contribution in [3.8, 4) is 0 Å². The summed E-state index contributed by atoms with van der Waals surface area (Å²) in [6, 6.07) is 5.30. The highest BCUT2D eigenvalue weighted by molar-refractivity contribution is 7.19. The standard InChI is InChI=1S/C17H18N8OS/c1-24-14-11(15-16(24)23-13(27-15)5-9(19)6-18)7-21-25(17(14)26)8-10-3-2-4-12(20)22-10/h2-4,6-7H,5,8,18-19H2,1H3,(H2,20,22)/b9-6-. The number of anilines is 1. The fourth-order valence-electron chi connectivity index (χ4n) is 2.99. The maximum Gasteiger partial charge on any atom is 0.291 e. The molecule has 0 atom stereocenters. The molecule has 4 aromatic heterocycles. The van der Waals surface area contributed by atoms with E-state index >= 15 is 0 Å². The second kappa shape index (κ2) is 6.40. The van der Waals surface area contributed by atoms with Crippen LogP contribution in [-0.2, 0) is 20.0 Å². The van der Waals surface area contributed by atoms with Crippen LogP contribution in [0.3, 0.4) is 0 Å². The van der Waals surface area contributed by atoms with Crippen molar-refractivity contribution in [2.75, 3.05) is 5.73 Å². The molecule has 0 amide bonds.